The number of hydrogen-bond donors (Lipinski definition) is 1. The van der Waals surface area contributed by atoms with Gasteiger partial charge in [-0.3, -0.25) is 0 Å². The lowest BCUT2D eigenvalue weighted by Crippen LogP contribution is -2.12. The van der Waals surface area contributed by atoms with Crippen molar-refractivity contribution < 1.29 is 19.4 Å². The third-order valence-corrected chi connectivity index (χ3v) is 5.33. The normalized spacial score (nSPS) is 17.2. The molecule has 0 saturated carbocycles. The molecule has 5 nitrogen and oxygen atoms in total. The lowest BCUT2D eigenvalue weighted by Gasteiger charge is -2.04. The predicted molar refractivity (Wildman–Crippen MR) is 106 cm³/mol. The Labute approximate surface area is 159 Å². The number of methoxy groups -OCH3 is 1. The van der Waals surface area contributed by atoms with Crippen molar-refractivity contribution in [1.82, 2.24) is 0 Å². The second-order valence-electron chi connectivity index (χ2n) is 5.19. The number of aliphatic imine (C=N–C) groups is 1. The van der Waals surface area contributed by atoms with E-state index in [0.717, 1.165) is 10.6 Å². The van der Waals surface area contributed by atoms with Crippen LogP contribution in [0, 0.1) is 0 Å². The molecule has 0 unspecified atom stereocenters. The van der Waals surface area contributed by atoms with E-state index in [1.54, 1.807) is 49.6 Å². The predicted octanol–water partition coefficient (Wildman–Crippen LogP) is 4.95. The average molecular weight is 387 g/mol. The first-order valence-corrected chi connectivity index (χ1v) is 9.59. The first-order chi connectivity index (χ1) is 12.6. The Bertz CT molecular complexity index is 881. The summed E-state index contributed by atoms with van der Waals surface area (Å²) in [5.41, 5.74) is 0.746. The molecule has 0 aliphatic carbocycles. The SMILES string of the molecule is CCOC(=O)C1=C(O)/C(=C/c2cccs2)SC1=Nc1ccc(OC)cc1. The molecule has 2 heterocycles. The number of rotatable bonds is 5. The van der Waals surface area contributed by atoms with Gasteiger partial charge in [0, 0.05) is 4.88 Å². The highest BCUT2D eigenvalue weighted by Gasteiger charge is 2.33. The number of benzene rings is 1. The van der Waals surface area contributed by atoms with E-state index in [9.17, 15) is 9.90 Å². The van der Waals surface area contributed by atoms with Crippen LogP contribution >= 0.6 is 23.1 Å². The van der Waals surface area contributed by atoms with Crippen LogP contribution in [0.4, 0.5) is 5.69 Å². The third-order valence-electron chi connectivity index (χ3n) is 3.49. The highest BCUT2D eigenvalue weighted by Crippen LogP contribution is 2.40. The monoisotopic (exact) mass is 387 g/mol. The topological polar surface area (TPSA) is 68.1 Å². The molecule has 0 fully saturated rings. The van der Waals surface area contributed by atoms with Crippen molar-refractivity contribution in [2.24, 2.45) is 4.99 Å². The van der Waals surface area contributed by atoms with Crippen molar-refractivity contribution in [3.8, 4) is 5.75 Å². The van der Waals surface area contributed by atoms with Crippen LogP contribution in [0.15, 0.2) is 63.0 Å². The van der Waals surface area contributed by atoms with E-state index in [4.69, 9.17) is 9.47 Å². The van der Waals surface area contributed by atoms with Gasteiger partial charge < -0.3 is 14.6 Å². The highest BCUT2D eigenvalue weighted by molar-refractivity contribution is 8.18. The largest absolute Gasteiger partial charge is 0.506 e. The molecule has 1 aliphatic rings. The molecular weight excluding hydrogens is 370 g/mol. The Morgan fingerprint density at radius 3 is 2.65 bits per heavy atom. The van der Waals surface area contributed by atoms with Crippen molar-refractivity contribution in [1.29, 1.82) is 0 Å². The maximum Gasteiger partial charge on any atom is 0.344 e. The minimum Gasteiger partial charge on any atom is -0.506 e. The fourth-order valence-corrected chi connectivity index (χ4v) is 4.03. The summed E-state index contributed by atoms with van der Waals surface area (Å²) < 4.78 is 10.2. The molecule has 1 aliphatic heterocycles. The molecular formula is C19H17NO4S2. The summed E-state index contributed by atoms with van der Waals surface area (Å²) in [6, 6.07) is 11.0. The first kappa shape index (κ1) is 18.3. The summed E-state index contributed by atoms with van der Waals surface area (Å²) in [5, 5.41) is 12.9. The molecule has 0 atom stereocenters. The summed E-state index contributed by atoms with van der Waals surface area (Å²) in [6.45, 7) is 1.94. The number of ether oxygens (including phenoxy) is 2. The van der Waals surface area contributed by atoms with Crippen LogP contribution in [0.3, 0.4) is 0 Å². The van der Waals surface area contributed by atoms with Gasteiger partial charge in [-0.05, 0) is 48.7 Å². The van der Waals surface area contributed by atoms with E-state index >= 15 is 0 Å². The molecule has 0 amide bonds. The van der Waals surface area contributed by atoms with Crippen molar-refractivity contribution in [3.63, 3.8) is 0 Å². The van der Waals surface area contributed by atoms with Crippen LogP contribution in [0.25, 0.3) is 6.08 Å². The van der Waals surface area contributed by atoms with Gasteiger partial charge in [0.1, 0.15) is 22.1 Å². The Morgan fingerprint density at radius 1 is 1.27 bits per heavy atom. The van der Waals surface area contributed by atoms with Crippen LogP contribution in [0.5, 0.6) is 5.75 Å². The van der Waals surface area contributed by atoms with Crippen LogP contribution in [0.1, 0.15) is 11.8 Å². The smallest absolute Gasteiger partial charge is 0.344 e. The summed E-state index contributed by atoms with van der Waals surface area (Å²) in [4.78, 5) is 18.4. The Balaban J connectivity index is 1.99. The maximum atomic E-state index is 12.3. The van der Waals surface area contributed by atoms with E-state index in [-0.39, 0.29) is 17.9 Å². The van der Waals surface area contributed by atoms with Gasteiger partial charge in [0.15, 0.2) is 0 Å². The van der Waals surface area contributed by atoms with Gasteiger partial charge in [-0.1, -0.05) is 17.8 Å². The van der Waals surface area contributed by atoms with E-state index in [1.165, 1.54) is 11.8 Å². The molecule has 7 heteroatoms. The molecule has 0 spiro atoms. The van der Waals surface area contributed by atoms with Gasteiger partial charge in [0.05, 0.1) is 24.3 Å². The van der Waals surface area contributed by atoms with E-state index in [0.29, 0.717) is 15.6 Å². The van der Waals surface area contributed by atoms with E-state index in [2.05, 4.69) is 4.99 Å². The average Bonchev–Trinajstić information content (AvgIpc) is 3.25. The zero-order valence-electron chi connectivity index (χ0n) is 14.3. The third kappa shape index (κ3) is 4.00. The molecule has 0 saturated heterocycles. The van der Waals surface area contributed by atoms with E-state index < -0.39 is 5.97 Å². The lowest BCUT2D eigenvalue weighted by molar-refractivity contribution is -0.138. The lowest BCUT2D eigenvalue weighted by atomic mass is 10.2. The quantitative estimate of drug-likeness (QED) is 0.735. The molecule has 134 valence electrons. The fourth-order valence-electron chi connectivity index (χ4n) is 2.27. The summed E-state index contributed by atoms with van der Waals surface area (Å²) in [7, 11) is 1.59. The Hall–Kier alpha value is -2.51. The van der Waals surface area contributed by atoms with Crippen LogP contribution in [0.2, 0.25) is 0 Å². The minimum atomic E-state index is -0.584. The van der Waals surface area contributed by atoms with Gasteiger partial charge in [-0.2, -0.15) is 0 Å². The fraction of sp³-hybridized carbons (Fsp3) is 0.158. The van der Waals surface area contributed by atoms with Gasteiger partial charge >= 0.3 is 5.97 Å². The molecule has 26 heavy (non-hydrogen) atoms. The van der Waals surface area contributed by atoms with Gasteiger partial charge in [0.25, 0.3) is 0 Å². The number of carbonyl (C=O) groups excluding carboxylic acids is 1. The molecule has 2 aromatic rings. The number of hydrogen-bond acceptors (Lipinski definition) is 7. The van der Waals surface area contributed by atoms with Gasteiger partial charge in [-0.25, -0.2) is 9.79 Å². The van der Waals surface area contributed by atoms with E-state index in [1.807, 2.05) is 23.6 Å². The number of nitrogens with zero attached hydrogens (tertiary/aromatic N) is 1. The van der Waals surface area contributed by atoms with Crippen molar-refractivity contribution >= 4 is 45.9 Å². The summed E-state index contributed by atoms with van der Waals surface area (Å²) >= 11 is 2.79. The van der Waals surface area contributed by atoms with Crippen molar-refractivity contribution in [3.05, 3.63) is 62.9 Å². The minimum absolute atomic E-state index is 0.0930. The maximum absolute atomic E-state index is 12.3. The number of thiophene rings is 1. The number of aliphatic hydroxyl groups excluding tert-OH is 1. The molecule has 3 rings (SSSR count). The molecule has 0 radical (unpaired) electrons. The van der Waals surface area contributed by atoms with Crippen molar-refractivity contribution in [2.45, 2.75) is 6.92 Å². The Morgan fingerprint density at radius 2 is 2.04 bits per heavy atom. The molecule has 1 aromatic carbocycles. The summed E-state index contributed by atoms with van der Waals surface area (Å²) in [5.74, 6) is 0.0313. The van der Waals surface area contributed by atoms with Crippen LogP contribution in [-0.4, -0.2) is 29.8 Å². The van der Waals surface area contributed by atoms with Gasteiger partial charge in [0.2, 0.25) is 0 Å². The van der Waals surface area contributed by atoms with Gasteiger partial charge in [-0.15, -0.1) is 11.3 Å². The molecule has 1 N–H and O–H groups in total. The number of carbonyl (C=O) groups is 1. The number of aliphatic hydroxyl groups is 1. The first-order valence-electron chi connectivity index (χ1n) is 7.89. The molecule has 0 bridgehead atoms. The second kappa shape index (κ2) is 8.25. The number of esters is 1. The second-order valence-corrected chi connectivity index (χ2v) is 7.20. The van der Waals surface area contributed by atoms with Crippen molar-refractivity contribution in [2.75, 3.05) is 13.7 Å². The molecule has 1 aromatic heterocycles. The number of thioether (sulfide) groups is 1. The van der Waals surface area contributed by atoms with Crippen LogP contribution < -0.4 is 4.74 Å². The highest BCUT2D eigenvalue weighted by atomic mass is 32.2. The van der Waals surface area contributed by atoms with Crippen LogP contribution in [-0.2, 0) is 9.53 Å². The zero-order chi connectivity index (χ0) is 18.5. The Kier molecular flexibility index (Phi) is 5.80. The zero-order valence-corrected chi connectivity index (χ0v) is 15.9. The standard InChI is InChI=1S/C19H17NO4S2/c1-3-24-19(22)16-17(21)15(11-14-5-4-10-25-14)26-18(16)20-12-6-8-13(23-2)9-7-12/h4-11,21H,3H2,1-2H3/b15-11-,20-18?. The summed E-state index contributed by atoms with van der Waals surface area (Å²) in [6.07, 6.45) is 1.83.